The number of hydrogen-bond acceptors (Lipinski definition) is 1. The molecule has 5 atom stereocenters. The van der Waals surface area contributed by atoms with Gasteiger partial charge in [-0.3, -0.25) is 0 Å². The Bertz CT molecular complexity index is 1320. The third-order valence-corrected chi connectivity index (χ3v) is 9.96. The first-order valence-corrected chi connectivity index (χ1v) is 13.1. The van der Waals surface area contributed by atoms with Crippen molar-refractivity contribution in [1.29, 1.82) is 0 Å². The van der Waals surface area contributed by atoms with Gasteiger partial charge in [0, 0.05) is 23.8 Å². The van der Waals surface area contributed by atoms with E-state index in [9.17, 15) is 0 Å². The highest BCUT2D eigenvalue weighted by Gasteiger charge is 2.71. The van der Waals surface area contributed by atoms with Crippen molar-refractivity contribution < 1.29 is 26.2 Å². The lowest BCUT2D eigenvalue weighted by atomic mass is 9.82. The SMILES string of the molecule is C[C@@]12[C@H]3CC[C@@H]1[C@H](OCc1ccccc1)C[N@+]2(Cc1c2ccccc2cc2ccccc12)CC3.[Br-]. The first kappa shape index (κ1) is 23.2. The van der Waals surface area contributed by atoms with E-state index in [0.717, 1.165) is 25.6 Å². The van der Waals surface area contributed by atoms with Crippen LogP contribution in [0.5, 0.6) is 0 Å². The van der Waals surface area contributed by atoms with Gasteiger partial charge in [0.05, 0.1) is 13.2 Å². The molecule has 4 aromatic rings. The minimum absolute atomic E-state index is 0. The van der Waals surface area contributed by atoms with Gasteiger partial charge in [0.1, 0.15) is 24.7 Å². The second-order valence-corrected chi connectivity index (χ2v) is 11.2. The van der Waals surface area contributed by atoms with Crippen LogP contribution >= 0.6 is 0 Å². The predicted octanol–water partition coefficient (Wildman–Crippen LogP) is 4.10. The molecule has 1 saturated carbocycles. The molecule has 0 unspecified atom stereocenters. The number of halogens is 1. The van der Waals surface area contributed by atoms with Crippen molar-refractivity contribution >= 4 is 21.5 Å². The maximum Gasteiger partial charge on any atom is 0.116 e. The quantitative estimate of drug-likeness (QED) is 0.280. The van der Waals surface area contributed by atoms with Gasteiger partial charge in [0.15, 0.2) is 0 Å². The molecule has 0 spiro atoms. The highest BCUT2D eigenvalue weighted by Crippen LogP contribution is 2.61. The molecule has 7 rings (SSSR count). The summed E-state index contributed by atoms with van der Waals surface area (Å²) in [6.45, 7) is 6.93. The van der Waals surface area contributed by atoms with Gasteiger partial charge in [-0.1, -0.05) is 78.9 Å². The second-order valence-electron chi connectivity index (χ2n) is 11.2. The molecule has 0 N–H and O–H groups in total. The summed E-state index contributed by atoms with van der Waals surface area (Å²) in [5.74, 6) is 1.51. The van der Waals surface area contributed by atoms with Crippen molar-refractivity contribution in [2.75, 3.05) is 13.1 Å². The molecule has 0 aromatic heterocycles. The van der Waals surface area contributed by atoms with Crippen LogP contribution in [0.1, 0.15) is 37.3 Å². The van der Waals surface area contributed by atoms with Gasteiger partial charge in [-0.15, -0.1) is 0 Å². The number of benzene rings is 4. The third kappa shape index (κ3) is 3.43. The smallest absolute Gasteiger partial charge is 0.116 e. The summed E-state index contributed by atoms with van der Waals surface area (Å²) < 4.78 is 7.95. The molecule has 2 aliphatic heterocycles. The van der Waals surface area contributed by atoms with Gasteiger partial charge in [-0.05, 0) is 52.9 Å². The summed E-state index contributed by atoms with van der Waals surface area (Å²) in [5.41, 5.74) is 3.17. The summed E-state index contributed by atoms with van der Waals surface area (Å²) >= 11 is 0. The van der Waals surface area contributed by atoms with Crippen LogP contribution in [0, 0.1) is 11.8 Å². The zero-order chi connectivity index (χ0) is 22.8. The standard InChI is InChI=1S/C32H34NO.BrH/c1-32-26-15-16-30(32)31(34-22-23-9-3-2-4-10-23)21-33(32,18-17-26)20-29-27-13-7-5-11-24(27)19-25-12-6-8-14-28(25)29;/h2-14,19,26,30-31H,15-18,20-22H2,1H3;1H/q+1;/p-1/t26-,30+,31+,32+,33+;/m0./s1. The Balaban J connectivity index is 0.00000229. The number of nitrogens with zero attached hydrogens (tertiary/aromatic N) is 1. The Hall–Kier alpha value is -2.20. The average Bonchev–Trinajstić information content (AvgIpc) is 3.45. The van der Waals surface area contributed by atoms with Crippen molar-refractivity contribution in [3.8, 4) is 0 Å². The molecule has 4 aromatic carbocycles. The van der Waals surface area contributed by atoms with Gasteiger partial charge >= 0.3 is 0 Å². The van der Waals surface area contributed by atoms with Gasteiger partial charge in [-0.25, -0.2) is 0 Å². The lowest BCUT2D eigenvalue weighted by Gasteiger charge is -2.44. The number of ether oxygens (including phenoxy) is 1. The fourth-order valence-electron chi connectivity index (χ4n) is 8.25. The van der Waals surface area contributed by atoms with Gasteiger partial charge < -0.3 is 26.2 Å². The molecule has 1 aliphatic carbocycles. The van der Waals surface area contributed by atoms with Crippen LogP contribution in [0.3, 0.4) is 0 Å². The number of rotatable bonds is 5. The van der Waals surface area contributed by atoms with Crippen molar-refractivity contribution in [3.63, 3.8) is 0 Å². The highest BCUT2D eigenvalue weighted by molar-refractivity contribution is 6.02. The Morgan fingerprint density at radius 1 is 0.829 bits per heavy atom. The predicted molar refractivity (Wildman–Crippen MR) is 139 cm³/mol. The summed E-state index contributed by atoms with van der Waals surface area (Å²) in [5, 5.41) is 5.61. The van der Waals surface area contributed by atoms with Crippen LogP contribution in [-0.2, 0) is 17.9 Å². The summed E-state index contributed by atoms with van der Waals surface area (Å²) in [6.07, 6.45) is 4.44. The lowest BCUT2D eigenvalue weighted by Crippen LogP contribution is -3.00. The average molecular weight is 529 g/mol. The molecular weight excluding hydrogens is 494 g/mol. The summed E-state index contributed by atoms with van der Waals surface area (Å²) in [7, 11) is 0. The lowest BCUT2D eigenvalue weighted by molar-refractivity contribution is -0.965. The molecule has 0 amide bonds. The molecule has 2 saturated heterocycles. The molecule has 0 radical (unpaired) electrons. The Morgan fingerprint density at radius 2 is 1.49 bits per heavy atom. The van der Waals surface area contributed by atoms with E-state index >= 15 is 0 Å². The maximum absolute atomic E-state index is 6.74. The first-order valence-electron chi connectivity index (χ1n) is 13.1. The highest BCUT2D eigenvalue weighted by atomic mass is 79.9. The van der Waals surface area contributed by atoms with Crippen LogP contribution in [0.2, 0.25) is 0 Å². The molecule has 2 nitrogen and oxygen atoms in total. The van der Waals surface area contributed by atoms with E-state index in [1.54, 1.807) is 5.56 Å². The van der Waals surface area contributed by atoms with Gasteiger partial charge in [0.25, 0.3) is 0 Å². The van der Waals surface area contributed by atoms with Crippen LogP contribution in [0.25, 0.3) is 21.5 Å². The van der Waals surface area contributed by atoms with Crippen LogP contribution in [-0.4, -0.2) is 29.2 Å². The number of hydrogen-bond donors (Lipinski definition) is 0. The van der Waals surface area contributed by atoms with Crippen molar-refractivity contribution in [2.45, 2.75) is 51.0 Å². The minimum atomic E-state index is 0. The molecule has 3 aliphatic rings. The fraction of sp³-hybridized carbons (Fsp3) is 0.375. The van der Waals surface area contributed by atoms with Crippen molar-refractivity contribution in [2.24, 2.45) is 11.8 Å². The maximum atomic E-state index is 6.74. The molecule has 3 fully saturated rings. The molecule has 2 heterocycles. The topological polar surface area (TPSA) is 9.23 Å². The van der Waals surface area contributed by atoms with Crippen molar-refractivity contribution in [3.05, 3.63) is 96.1 Å². The van der Waals surface area contributed by atoms with Crippen LogP contribution in [0.15, 0.2) is 84.9 Å². The van der Waals surface area contributed by atoms with E-state index in [1.807, 2.05) is 0 Å². The van der Waals surface area contributed by atoms with E-state index in [0.29, 0.717) is 17.6 Å². The largest absolute Gasteiger partial charge is 1.00 e. The third-order valence-electron chi connectivity index (χ3n) is 9.96. The zero-order valence-corrected chi connectivity index (χ0v) is 22.1. The number of quaternary nitrogens is 1. The van der Waals surface area contributed by atoms with Crippen LogP contribution < -0.4 is 17.0 Å². The Kier molecular flexibility index (Phi) is 5.79. The summed E-state index contributed by atoms with van der Waals surface area (Å²) in [4.78, 5) is 0. The van der Waals surface area contributed by atoms with E-state index in [1.165, 1.54) is 57.4 Å². The fourth-order valence-corrected chi connectivity index (χ4v) is 8.25. The zero-order valence-electron chi connectivity index (χ0n) is 20.5. The molecule has 180 valence electrons. The molecule has 35 heavy (non-hydrogen) atoms. The normalized spacial score (nSPS) is 31.1. The van der Waals surface area contributed by atoms with E-state index < -0.39 is 0 Å². The second kappa shape index (κ2) is 8.73. The monoisotopic (exact) mass is 527 g/mol. The van der Waals surface area contributed by atoms with E-state index in [4.69, 9.17) is 4.74 Å². The molecule has 0 bridgehead atoms. The Labute approximate surface area is 219 Å². The minimum Gasteiger partial charge on any atom is -1.00 e. The molecular formula is C32H34BrNO. The van der Waals surface area contributed by atoms with Crippen molar-refractivity contribution in [1.82, 2.24) is 0 Å². The first-order chi connectivity index (χ1) is 16.7. The van der Waals surface area contributed by atoms with E-state index in [2.05, 4.69) is 91.9 Å². The van der Waals surface area contributed by atoms with E-state index in [-0.39, 0.29) is 17.0 Å². The van der Waals surface area contributed by atoms with Crippen LogP contribution in [0.4, 0.5) is 0 Å². The van der Waals surface area contributed by atoms with Gasteiger partial charge in [0.2, 0.25) is 0 Å². The molecule has 3 heteroatoms. The Morgan fingerprint density at radius 3 is 2.20 bits per heavy atom. The summed E-state index contributed by atoms with van der Waals surface area (Å²) in [6, 6.07) is 31.1. The number of fused-ring (bicyclic) bond motifs is 2. The van der Waals surface area contributed by atoms with Gasteiger partial charge in [-0.2, -0.15) is 0 Å².